The lowest BCUT2D eigenvalue weighted by molar-refractivity contribution is 0.167. The van der Waals surface area contributed by atoms with E-state index in [2.05, 4.69) is 0 Å². The molecular formula is C9H11NO2. The van der Waals surface area contributed by atoms with Gasteiger partial charge >= 0.3 is 0 Å². The normalized spacial score (nSPS) is 14.8. The molecule has 0 spiro atoms. The number of pyridine rings is 1. The molecule has 1 N–H and O–H groups in total. The third kappa shape index (κ3) is 0.858. The van der Waals surface area contributed by atoms with Crippen molar-refractivity contribution in [3.8, 4) is 0 Å². The van der Waals surface area contributed by atoms with Crippen LogP contribution in [0, 0.1) is 6.92 Å². The molecule has 1 aromatic rings. The molecule has 0 fully saturated rings. The summed E-state index contributed by atoms with van der Waals surface area (Å²) in [4.78, 5) is 11.1. The van der Waals surface area contributed by atoms with Crippen molar-refractivity contribution < 1.29 is 5.21 Å². The van der Waals surface area contributed by atoms with E-state index in [1.807, 2.05) is 0 Å². The number of fused-ring (bicyclic) bond motifs is 1. The summed E-state index contributed by atoms with van der Waals surface area (Å²) < 4.78 is 0.740. The van der Waals surface area contributed by atoms with E-state index >= 15 is 0 Å². The molecular weight excluding hydrogens is 154 g/mol. The predicted molar refractivity (Wildman–Crippen MR) is 44.6 cm³/mol. The molecule has 1 aromatic heterocycles. The molecule has 64 valence electrons. The van der Waals surface area contributed by atoms with E-state index in [4.69, 9.17) is 0 Å². The fourth-order valence-corrected chi connectivity index (χ4v) is 1.84. The Labute approximate surface area is 70.2 Å². The van der Waals surface area contributed by atoms with E-state index in [1.54, 1.807) is 6.92 Å². The first-order valence-electron chi connectivity index (χ1n) is 4.14. The third-order valence-corrected chi connectivity index (χ3v) is 2.52. The standard InChI is InChI=1S/C9H11NO2/c1-6-8-4-2-3-7(8)5-9(11)10(6)12/h5,12H,2-4H2,1H3. The lowest BCUT2D eigenvalue weighted by Crippen LogP contribution is -2.20. The number of hydrogen-bond donors (Lipinski definition) is 1. The van der Waals surface area contributed by atoms with Crippen molar-refractivity contribution in [2.24, 2.45) is 0 Å². The topological polar surface area (TPSA) is 42.2 Å². The molecule has 3 heteroatoms. The molecule has 1 heterocycles. The van der Waals surface area contributed by atoms with E-state index in [0.29, 0.717) is 5.69 Å². The number of nitrogens with zero attached hydrogens (tertiary/aromatic N) is 1. The number of aromatic nitrogens is 1. The maximum absolute atomic E-state index is 11.1. The summed E-state index contributed by atoms with van der Waals surface area (Å²) in [6, 6.07) is 1.54. The van der Waals surface area contributed by atoms with Crippen LogP contribution in [0.1, 0.15) is 23.2 Å². The van der Waals surface area contributed by atoms with Gasteiger partial charge in [-0.25, -0.2) is 0 Å². The Morgan fingerprint density at radius 3 is 3.00 bits per heavy atom. The second-order valence-electron chi connectivity index (χ2n) is 3.24. The van der Waals surface area contributed by atoms with Crippen LogP contribution in [0.2, 0.25) is 0 Å². The molecule has 0 saturated carbocycles. The van der Waals surface area contributed by atoms with Crippen molar-refractivity contribution in [3.63, 3.8) is 0 Å². The number of aryl methyl sites for hydroxylation is 1. The molecule has 2 rings (SSSR count). The van der Waals surface area contributed by atoms with Crippen LogP contribution in [-0.2, 0) is 12.8 Å². The molecule has 12 heavy (non-hydrogen) atoms. The summed E-state index contributed by atoms with van der Waals surface area (Å²) in [5, 5.41) is 9.27. The van der Waals surface area contributed by atoms with Crippen LogP contribution >= 0.6 is 0 Å². The second kappa shape index (κ2) is 2.37. The highest BCUT2D eigenvalue weighted by Gasteiger charge is 2.16. The molecule has 1 aliphatic rings. The van der Waals surface area contributed by atoms with Crippen molar-refractivity contribution in [3.05, 3.63) is 33.2 Å². The minimum absolute atomic E-state index is 0.312. The Balaban J connectivity index is 2.76. The first-order valence-corrected chi connectivity index (χ1v) is 4.14. The molecule has 0 bridgehead atoms. The summed E-state index contributed by atoms with van der Waals surface area (Å²) in [5.41, 5.74) is 2.66. The molecule has 0 amide bonds. The van der Waals surface area contributed by atoms with Gasteiger partial charge in [0.05, 0.1) is 5.69 Å². The zero-order chi connectivity index (χ0) is 8.72. The van der Waals surface area contributed by atoms with Gasteiger partial charge in [-0.15, -0.1) is 0 Å². The summed E-state index contributed by atoms with van der Waals surface area (Å²) in [5.74, 6) is 0. The van der Waals surface area contributed by atoms with Gasteiger partial charge in [-0.2, -0.15) is 4.73 Å². The average molecular weight is 165 g/mol. The van der Waals surface area contributed by atoms with Crippen LogP contribution in [0.5, 0.6) is 0 Å². The first-order chi connectivity index (χ1) is 5.70. The van der Waals surface area contributed by atoms with Crippen LogP contribution in [0.4, 0.5) is 0 Å². The molecule has 0 aliphatic heterocycles. The van der Waals surface area contributed by atoms with E-state index < -0.39 is 0 Å². The largest absolute Gasteiger partial charge is 0.425 e. The van der Waals surface area contributed by atoms with Crippen LogP contribution < -0.4 is 5.56 Å². The highest BCUT2D eigenvalue weighted by atomic mass is 16.5. The zero-order valence-corrected chi connectivity index (χ0v) is 7.00. The van der Waals surface area contributed by atoms with Gasteiger partial charge in [-0.3, -0.25) is 4.79 Å². The van der Waals surface area contributed by atoms with Crippen molar-refractivity contribution in [1.82, 2.24) is 4.73 Å². The summed E-state index contributed by atoms with van der Waals surface area (Å²) in [6.45, 7) is 1.78. The van der Waals surface area contributed by atoms with Crippen LogP contribution in [0.25, 0.3) is 0 Å². The van der Waals surface area contributed by atoms with Gasteiger partial charge in [0.2, 0.25) is 0 Å². The SMILES string of the molecule is Cc1c2c(cc(=O)n1O)CCC2. The molecule has 0 aromatic carbocycles. The van der Waals surface area contributed by atoms with Crippen LogP contribution in [0.3, 0.4) is 0 Å². The fourth-order valence-electron chi connectivity index (χ4n) is 1.84. The molecule has 0 saturated heterocycles. The Kier molecular flexibility index (Phi) is 1.46. The van der Waals surface area contributed by atoms with Gasteiger partial charge in [0, 0.05) is 6.07 Å². The average Bonchev–Trinajstić information content (AvgIpc) is 2.48. The maximum atomic E-state index is 11.1. The Morgan fingerprint density at radius 1 is 1.50 bits per heavy atom. The van der Waals surface area contributed by atoms with E-state index in [0.717, 1.165) is 35.1 Å². The highest BCUT2D eigenvalue weighted by Crippen LogP contribution is 2.22. The minimum atomic E-state index is -0.312. The van der Waals surface area contributed by atoms with Gasteiger partial charge in [0.25, 0.3) is 5.56 Å². The second-order valence-corrected chi connectivity index (χ2v) is 3.24. The van der Waals surface area contributed by atoms with E-state index in [1.165, 1.54) is 6.07 Å². The maximum Gasteiger partial charge on any atom is 0.283 e. The first kappa shape index (κ1) is 7.40. The molecule has 0 atom stereocenters. The van der Waals surface area contributed by atoms with Crippen LogP contribution in [0.15, 0.2) is 10.9 Å². The summed E-state index contributed by atoms with van der Waals surface area (Å²) >= 11 is 0. The summed E-state index contributed by atoms with van der Waals surface area (Å²) in [6.07, 6.45) is 3.06. The van der Waals surface area contributed by atoms with Crippen molar-refractivity contribution >= 4 is 0 Å². The monoisotopic (exact) mass is 165 g/mol. The smallest absolute Gasteiger partial charge is 0.283 e. The van der Waals surface area contributed by atoms with Gasteiger partial charge < -0.3 is 5.21 Å². The van der Waals surface area contributed by atoms with Crippen molar-refractivity contribution in [2.75, 3.05) is 0 Å². The highest BCUT2D eigenvalue weighted by molar-refractivity contribution is 5.33. The number of rotatable bonds is 0. The van der Waals surface area contributed by atoms with Gasteiger partial charge in [-0.1, -0.05) is 0 Å². The summed E-state index contributed by atoms with van der Waals surface area (Å²) in [7, 11) is 0. The van der Waals surface area contributed by atoms with Gasteiger partial charge in [-0.05, 0) is 37.3 Å². The lowest BCUT2D eigenvalue weighted by atomic mass is 10.1. The lowest BCUT2D eigenvalue weighted by Gasteiger charge is -2.06. The quantitative estimate of drug-likeness (QED) is 0.580. The fraction of sp³-hybridized carbons (Fsp3) is 0.444. The number of hydrogen-bond acceptors (Lipinski definition) is 2. The molecule has 0 radical (unpaired) electrons. The Morgan fingerprint density at radius 2 is 2.25 bits per heavy atom. The predicted octanol–water partition coefficient (Wildman–Crippen LogP) is 0.883. The molecule has 1 aliphatic carbocycles. The van der Waals surface area contributed by atoms with E-state index in [9.17, 15) is 10.0 Å². The Hall–Kier alpha value is -1.25. The Bertz CT molecular complexity index is 379. The zero-order valence-electron chi connectivity index (χ0n) is 7.00. The minimum Gasteiger partial charge on any atom is -0.425 e. The van der Waals surface area contributed by atoms with Crippen molar-refractivity contribution in [2.45, 2.75) is 26.2 Å². The van der Waals surface area contributed by atoms with Gasteiger partial charge in [0.1, 0.15) is 0 Å². The van der Waals surface area contributed by atoms with E-state index in [-0.39, 0.29) is 5.56 Å². The molecule has 3 nitrogen and oxygen atoms in total. The van der Waals surface area contributed by atoms with Crippen molar-refractivity contribution in [1.29, 1.82) is 0 Å². The third-order valence-electron chi connectivity index (χ3n) is 2.52. The van der Waals surface area contributed by atoms with Crippen LogP contribution in [-0.4, -0.2) is 9.94 Å². The molecule has 0 unspecified atom stereocenters. The van der Waals surface area contributed by atoms with Gasteiger partial charge in [0.15, 0.2) is 0 Å².